The Morgan fingerprint density at radius 2 is 1.39 bits per heavy atom. The van der Waals surface area contributed by atoms with E-state index in [0.717, 1.165) is 34.5 Å². The van der Waals surface area contributed by atoms with Crippen molar-refractivity contribution in [3.8, 4) is 0 Å². The van der Waals surface area contributed by atoms with Crippen molar-refractivity contribution < 1.29 is 4.80 Å². The molecule has 2 aromatic carbocycles. The first-order valence-electron chi connectivity index (χ1n) is 11.2. The van der Waals surface area contributed by atoms with E-state index in [4.69, 9.17) is 0 Å². The maximum absolute atomic E-state index is 12.2. The van der Waals surface area contributed by atoms with Crippen molar-refractivity contribution in [1.29, 1.82) is 0 Å². The molecule has 2 atom stereocenters. The largest absolute Gasteiger partial charge is 0.424 e. The Kier molecular flexibility index (Phi) is 6.83. The Bertz CT molecular complexity index is 683. The van der Waals surface area contributed by atoms with Gasteiger partial charge in [0.15, 0.2) is 0 Å². The van der Waals surface area contributed by atoms with Crippen LogP contribution in [-0.4, -0.2) is 13.1 Å². The summed E-state index contributed by atoms with van der Waals surface area (Å²) < 4.78 is 0. The minimum Gasteiger partial charge on any atom is -0.424 e. The highest BCUT2D eigenvalue weighted by atomic mass is 28.4. The lowest BCUT2D eigenvalue weighted by atomic mass is 10.0. The summed E-state index contributed by atoms with van der Waals surface area (Å²) in [5, 5.41) is 2.16. The van der Waals surface area contributed by atoms with Crippen LogP contribution in [0, 0.1) is 17.8 Å². The van der Waals surface area contributed by atoms with E-state index < -0.39 is 8.32 Å². The predicted octanol–water partition coefficient (Wildman–Crippen LogP) is 5.76. The highest BCUT2D eigenvalue weighted by Gasteiger charge is 2.49. The van der Waals surface area contributed by atoms with Crippen molar-refractivity contribution in [3.05, 3.63) is 60.7 Å². The van der Waals surface area contributed by atoms with Crippen LogP contribution in [0.1, 0.15) is 66.2 Å². The van der Waals surface area contributed by atoms with Crippen LogP contribution in [-0.2, 0) is 0 Å². The van der Waals surface area contributed by atoms with Crippen molar-refractivity contribution >= 4 is 18.7 Å². The van der Waals surface area contributed by atoms with Gasteiger partial charge in [-0.1, -0.05) is 108 Å². The second-order valence-corrected chi connectivity index (χ2v) is 13.9. The first-order valence-corrected chi connectivity index (χ1v) is 13.1. The topological polar surface area (TPSA) is 20.2 Å². The average molecular weight is 395 g/mol. The quantitative estimate of drug-likeness (QED) is 0.508. The van der Waals surface area contributed by atoms with Gasteiger partial charge in [-0.05, 0) is 52.4 Å². The molecule has 2 heteroatoms. The maximum atomic E-state index is 12.2. The standard InChI is InChI=1S/C26H38OSi/c1-21(2)17-18-23-20-22(23)12-11-19-26(3,4)28(27,24-13-7-5-8-14-24)25-15-9-6-10-16-25/h5-10,13-16,21-23,27H,11-12,17-20H2,1-4H3. The van der Waals surface area contributed by atoms with Crippen LogP contribution < -0.4 is 10.4 Å². The summed E-state index contributed by atoms with van der Waals surface area (Å²) in [6.45, 7) is 9.25. The summed E-state index contributed by atoms with van der Waals surface area (Å²) in [5.74, 6) is 2.75. The summed E-state index contributed by atoms with van der Waals surface area (Å²) >= 11 is 0. The molecule has 0 amide bonds. The molecule has 152 valence electrons. The van der Waals surface area contributed by atoms with E-state index in [9.17, 15) is 4.80 Å². The van der Waals surface area contributed by atoms with Gasteiger partial charge in [0.25, 0.3) is 8.32 Å². The Morgan fingerprint density at radius 1 is 0.893 bits per heavy atom. The number of hydrogen-bond acceptors (Lipinski definition) is 1. The van der Waals surface area contributed by atoms with Gasteiger partial charge >= 0.3 is 0 Å². The zero-order valence-electron chi connectivity index (χ0n) is 18.2. The smallest absolute Gasteiger partial charge is 0.258 e. The number of hydrogen-bond donors (Lipinski definition) is 1. The van der Waals surface area contributed by atoms with Crippen molar-refractivity contribution in [2.24, 2.45) is 17.8 Å². The monoisotopic (exact) mass is 394 g/mol. The first-order chi connectivity index (χ1) is 13.3. The van der Waals surface area contributed by atoms with E-state index in [1.807, 2.05) is 12.1 Å². The van der Waals surface area contributed by atoms with Gasteiger partial charge in [0.05, 0.1) is 0 Å². The van der Waals surface area contributed by atoms with Crippen LogP contribution in [0.4, 0.5) is 0 Å². The second kappa shape index (κ2) is 8.96. The van der Waals surface area contributed by atoms with E-state index in [-0.39, 0.29) is 5.04 Å². The van der Waals surface area contributed by atoms with E-state index in [2.05, 4.69) is 76.2 Å². The van der Waals surface area contributed by atoms with Gasteiger partial charge in [-0.3, -0.25) is 0 Å². The van der Waals surface area contributed by atoms with Crippen LogP contribution in [0.3, 0.4) is 0 Å². The van der Waals surface area contributed by atoms with E-state index in [0.29, 0.717) is 0 Å². The molecule has 1 saturated carbocycles. The fourth-order valence-electron chi connectivity index (χ4n) is 4.86. The highest BCUT2D eigenvalue weighted by molar-refractivity contribution is 6.98. The minimum atomic E-state index is -2.83. The molecule has 1 N–H and O–H groups in total. The third-order valence-corrected chi connectivity index (χ3v) is 11.5. The summed E-state index contributed by atoms with van der Waals surface area (Å²) in [5.41, 5.74) is 0. The maximum Gasteiger partial charge on any atom is 0.258 e. The van der Waals surface area contributed by atoms with Gasteiger partial charge in [0, 0.05) is 0 Å². The second-order valence-electron chi connectivity index (χ2n) is 9.95. The van der Waals surface area contributed by atoms with Crippen LogP contribution >= 0.6 is 0 Å². The number of rotatable bonds is 10. The minimum absolute atomic E-state index is 0.0992. The Hall–Kier alpha value is -1.38. The van der Waals surface area contributed by atoms with Crippen molar-refractivity contribution in [3.63, 3.8) is 0 Å². The van der Waals surface area contributed by atoms with Gasteiger partial charge in [-0.15, -0.1) is 0 Å². The molecule has 0 aliphatic heterocycles. The first kappa shape index (κ1) is 21.3. The summed E-state index contributed by atoms with van der Waals surface area (Å²) in [6, 6.07) is 20.9. The van der Waals surface area contributed by atoms with E-state index in [1.54, 1.807) is 0 Å². The zero-order valence-corrected chi connectivity index (χ0v) is 19.2. The zero-order chi connectivity index (χ0) is 20.2. The van der Waals surface area contributed by atoms with E-state index in [1.165, 1.54) is 32.1 Å². The molecule has 0 radical (unpaired) electrons. The van der Waals surface area contributed by atoms with Gasteiger partial charge in [-0.2, -0.15) is 0 Å². The molecular weight excluding hydrogens is 356 g/mol. The lowest BCUT2D eigenvalue weighted by molar-refractivity contribution is 0.437. The van der Waals surface area contributed by atoms with Crippen molar-refractivity contribution in [2.75, 3.05) is 0 Å². The fraction of sp³-hybridized carbons (Fsp3) is 0.538. The third kappa shape index (κ3) is 4.78. The molecule has 2 aromatic rings. The summed E-state index contributed by atoms with van der Waals surface area (Å²) in [4.78, 5) is 12.2. The van der Waals surface area contributed by atoms with Crippen LogP contribution in [0.2, 0.25) is 5.04 Å². The van der Waals surface area contributed by atoms with Gasteiger partial charge < -0.3 is 4.80 Å². The lowest BCUT2D eigenvalue weighted by Gasteiger charge is -2.41. The lowest BCUT2D eigenvalue weighted by Crippen LogP contribution is -2.65. The third-order valence-electron chi connectivity index (χ3n) is 6.92. The molecule has 28 heavy (non-hydrogen) atoms. The number of benzene rings is 2. The molecule has 0 bridgehead atoms. The molecule has 3 rings (SSSR count). The summed E-state index contributed by atoms with van der Waals surface area (Å²) in [7, 11) is -2.83. The van der Waals surface area contributed by atoms with Crippen LogP contribution in [0.25, 0.3) is 0 Å². The Balaban J connectivity index is 1.68. The molecule has 0 heterocycles. The predicted molar refractivity (Wildman–Crippen MR) is 124 cm³/mol. The normalized spacial score (nSPS) is 19.8. The molecular formula is C26H38OSi. The van der Waals surface area contributed by atoms with Gasteiger partial charge in [0.1, 0.15) is 0 Å². The average Bonchev–Trinajstić information content (AvgIpc) is 3.45. The van der Waals surface area contributed by atoms with Crippen LogP contribution in [0.5, 0.6) is 0 Å². The van der Waals surface area contributed by atoms with Crippen molar-refractivity contribution in [1.82, 2.24) is 0 Å². The summed E-state index contributed by atoms with van der Waals surface area (Å²) in [6.07, 6.45) is 7.88. The molecule has 2 unspecified atom stereocenters. The molecule has 1 aliphatic rings. The molecule has 0 aromatic heterocycles. The van der Waals surface area contributed by atoms with Crippen molar-refractivity contribution in [2.45, 2.75) is 71.3 Å². The molecule has 0 spiro atoms. The molecule has 1 fully saturated rings. The Morgan fingerprint density at radius 3 is 1.89 bits per heavy atom. The fourth-order valence-corrected chi connectivity index (χ4v) is 8.64. The Labute approximate surface area is 173 Å². The van der Waals surface area contributed by atoms with E-state index >= 15 is 0 Å². The highest BCUT2D eigenvalue weighted by Crippen LogP contribution is 2.48. The van der Waals surface area contributed by atoms with Gasteiger partial charge in [-0.25, -0.2) is 0 Å². The molecule has 1 aliphatic carbocycles. The van der Waals surface area contributed by atoms with Gasteiger partial charge in [0.2, 0.25) is 0 Å². The molecule has 0 saturated heterocycles. The SMILES string of the molecule is CC(C)CCC1CC1CCCC(C)(C)[Si](O)(c1ccccc1)c1ccccc1. The van der Waals surface area contributed by atoms with Crippen LogP contribution in [0.15, 0.2) is 60.7 Å². The molecule has 1 nitrogen and oxygen atoms in total.